The number of aromatic nitrogens is 1. The van der Waals surface area contributed by atoms with E-state index in [1.807, 2.05) is 44.3 Å². The third kappa shape index (κ3) is 9.55. The fourth-order valence-corrected chi connectivity index (χ4v) is 4.96. The van der Waals surface area contributed by atoms with Crippen LogP contribution in [0.3, 0.4) is 0 Å². The molecule has 3 rings (SSSR count). The van der Waals surface area contributed by atoms with Crippen LogP contribution in [0, 0.1) is 5.92 Å². The number of aromatic hydroxyl groups is 1. The number of carbonyl (C=O) groups is 4. The van der Waals surface area contributed by atoms with Gasteiger partial charge < -0.3 is 42.6 Å². The number of phenols is 1. The Kier molecular flexibility index (Phi) is 12.7. The number of aromatic amines is 1. The van der Waals surface area contributed by atoms with Crippen LogP contribution in [0.1, 0.15) is 50.7 Å². The lowest BCUT2D eigenvalue weighted by Crippen LogP contribution is -2.59. The van der Waals surface area contributed by atoms with Crippen LogP contribution in [-0.2, 0) is 32.0 Å². The van der Waals surface area contributed by atoms with Crippen molar-refractivity contribution in [1.29, 1.82) is 0 Å². The third-order valence-electron chi connectivity index (χ3n) is 7.82. The Morgan fingerprint density at radius 1 is 0.886 bits per heavy atom. The van der Waals surface area contributed by atoms with Gasteiger partial charge in [-0.05, 0) is 67.5 Å². The van der Waals surface area contributed by atoms with Gasteiger partial charge in [0.1, 0.15) is 23.9 Å². The molecule has 12 heteroatoms. The van der Waals surface area contributed by atoms with Crippen LogP contribution >= 0.6 is 0 Å². The lowest BCUT2D eigenvalue weighted by molar-refractivity contribution is -0.142. The molecule has 0 bridgehead atoms. The molecule has 12 nitrogen and oxygen atoms in total. The van der Waals surface area contributed by atoms with Gasteiger partial charge in [0.15, 0.2) is 0 Å². The zero-order valence-electron chi connectivity index (χ0n) is 25.2. The van der Waals surface area contributed by atoms with E-state index in [1.54, 1.807) is 12.1 Å². The average molecular weight is 609 g/mol. The molecule has 238 valence electrons. The summed E-state index contributed by atoms with van der Waals surface area (Å²) in [5.41, 5.74) is 14.3. The number of rotatable bonds is 17. The van der Waals surface area contributed by atoms with E-state index in [2.05, 4.69) is 20.9 Å². The molecule has 3 aromatic rings. The summed E-state index contributed by atoms with van der Waals surface area (Å²) >= 11 is 0. The van der Waals surface area contributed by atoms with Crippen LogP contribution in [0.2, 0.25) is 0 Å². The summed E-state index contributed by atoms with van der Waals surface area (Å²) in [5.74, 6) is -3.22. The molecule has 0 saturated heterocycles. The van der Waals surface area contributed by atoms with Gasteiger partial charge in [-0.2, -0.15) is 0 Å². The Morgan fingerprint density at radius 2 is 1.57 bits per heavy atom. The molecule has 0 fully saturated rings. The number of para-hydroxylation sites is 1. The van der Waals surface area contributed by atoms with E-state index in [9.17, 15) is 29.4 Å². The molecule has 2 aromatic carbocycles. The maximum Gasteiger partial charge on any atom is 0.326 e. The lowest BCUT2D eigenvalue weighted by Gasteiger charge is -2.28. The van der Waals surface area contributed by atoms with E-state index in [0.29, 0.717) is 31.4 Å². The quantitative estimate of drug-likeness (QED) is 0.105. The van der Waals surface area contributed by atoms with Crippen molar-refractivity contribution in [3.63, 3.8) is 0 Å². The first-order valence-electron chi connectivity index (χ1n) is 15.0. The second-order valence-corrected chi connectivity index (χ2v) is 11.2. The molecule has 0 saturated carbocycles. The van der Waals surface area contributed by atoms with Crippen LogP contribution in [0.25, 0.3) is 10.9 Å². The van der Waals surface area contributed by atoms with Gasteiger partial charge in [-0.15, -0.1) is 0 Å². The van der Waals surface area contributed by atoms with E-state index in [4.69, 9.17) is 11.5 Å². The number of hydrogen-bond donors (Lipinski definition) is 8. The maximum atomic E-state index is 13.6. The van der Waals surface area contributed by atoms with Gasteiger partial charge in [-0.1, -0.05) is 50.6 Å². The molecule has 5 unspecified atom stereocenters. The Morgan fingerprint density at radius 3 is 2.23 bits per heavy atom. The summed E-state index contributed by atoms with van der Waals surface area (Å²) in [7, 11) is 0. The highest BCUT2D eigenvalue weighted by molar-refractivity contribution is 5.94. The van der Waals surface area contributed by atoms with Crippen LogP contribution in [0.4, 0.5) is 0 Å². The molecule has 10 N–H and O–H groups in total. The zero-order chi connectivity index (χ0) is 32.2. The van der Waals surface area contributed by atoms with Crippen molar-refractivity contribution in [3.8, 4) is 5.75 Å². The van der Waals surface area contributed by atoms with Crippen molar-refractivity contribution in [2.24, 2.45) is 17.4 Å². The first kappa shape index (κ1) is 34.1. The van der Waals surface area contributed by atoms with E-state index in [-0.39, 0.29) is 30.9 Å². The normalized spacial score (nSPS) is 14.6. The minimum atomic E-state index is -1.27. The first-order chi connectivity index (χ1) is 21.0. The highest BCUT2D eigenvalue weighted by Gasteiger charge is 2.32. The fraction of sp³-hybridized carbons (Fsp3) is 0.438. The number of H-pyrrole nitrogens is 1. The van der Waals surface area contributed by atoms with Crippen LogP contribution in [0.15, 0.2) is 54.7 Å². The number of carbonyl (C=O) groups excluding carboxylic acids is 3. The van der Waals surface area contributed by atoms with E-state index in [0.717, 1.165) is 16.5 Å². The molecule has 0 aliphatic heterocycles. The topological polar surface area (TPSA) is 213 Å². The fourth-order valence-electron chi connectivity index (χ4n) is 4.96. The number of aliphatic carboxylic acids is 1. The van der Waals surface area contributed by atoms with Gasteiger partial charge in [0, 0.05) is 23.5 Å². The third-order valence-corrected chi connectivity index (χ3v) is 7.82. The smallest absolute Gasteiger partial charge is 0.326 e. The number of hydrogen-bond acceptors (Lipinski definition) is 7. The monoisotopic (exact) mass is 608 g/mol. The largest absolute Gasteiger partial charge is 0.508 e. The zero-order valence-corrected chi connectivity index (χ0v) is 25.2. The van der Waals surface area contributed by atoms with Crippen molar-refractivity contribution >= 4 is 34.6 Å². The van der Waals surface area contributed by atoms with Crippen molar-refractivity contribution in [2.75, 3.05) is 6.54 Å². The molecule has 1 heterocycles. The molecule has 1 aromatic heterocycles. The lowest BCUT2D eigenvalue weighted by atomic mass is 9.96. The minimum Gasteiger partial charge on any atom is -0.508 e. The van der Waals surface area contributed by atoms with E-state index >= 15 is 0 Å². The maximum absolute atomic E-state index is 13.6. The van der Waals surface area contributed by atoms with Crippen molar-refractivity contribution in [3.05, 3.63) is 65.9 Å². The molecular weight excluding hydrogens is 564 g/mol. The second kappa shape index (κ2) is 16.4. The average Bonchev–Trinajstić information content (AvgIpc) is 3.41. The van der Waals surface area contributed by atoms with E-state index in [1.165, 1.54) is 12.1 Å². The number of phenolic OH excluding ortho intramolecular Hbond substituents is 1. The van der Waals surface area contributed by atoms with Crippen molar-refractivity contribution in [2.45, 2.75) is 76.5 Å². The molecule has 0 radical (unpaired) electrons. The minimum absolute atomic E-state index is 0.0231. The number of nitrogens with two attached hydrogens (primary N) is 2. The Balaban J connectivity index is 1.71. The molecule has 0 aliphatic carbocycles. The highest BCUT2D eigenvalue weighted by Crippen LogP contribution is 2.19. The van der Waals surface area contributed by atoms with E-state index < -0.39 is 47.9 Å². The number of fused-ring (bicyclic) bond motifs is 1. The Labute approximate surface area is 257 Å². The SMILES string of the molecule is CCC(C)C(NC(=O)C(N)Cc1c[nH]c2ccccc12)C(=O)NC(CCCCN)C(=O)NC(Cc1ccc(O)cc1)C(=O)O. The Bertz CT molecular complexity index is 1410. The molecule has 0 aliphatic rings. The highest BCUT2D eigenvalue weighted by atomic mass is 16.4. The molecule has 3 amide bonds. The predicted molar refractivity (Wildman–Crippen MR) is 168 cm³/mol. The van der Waals surface area contributed by atoms with Gasteiger partial charge in [-0.3, -0.25) is 14.4 Å². The van der Waals surface area contributed by atoms with Gasteiger partial charge in [0.25, 0.3) is 0 Å². The molecule has 0 spiro atoms. The van der Waals surface area contributed by atoms with Gasteiger partial charge >= 0.3 is 5.97 Å². The number of nitrogens with one attached hydrogen (secondary N) is 4. The van der Waals surface area contributed by atoms with Gasteiger partial charge in [0.2, 0.25) is 17.7 Å². The van der Waals surface area contributed by atoms with Crippen LogP contribution < -0.4 is 27.4 Å². The van der Waals surface area contributed by atoms with Crippen LogP contribution in [0.5, 0.6) is 5.75 Å². The molecule has 44 heavy (non-hydrogen) atoms. The summed E-state index contributed by atoms with van der Waals surface area (Å²) < 4.78 is 0. The second-order valence-electron chi connectivity index (χ2n) is 11.2. The van der Waals surface area contributed by atoms with Crippen molar-refractivity contribution < 1.29 is 29.4 Å². The van der Waals surface area contributed by atoms with Crippen molar-refractivity contribution in [1.82, 2.24) is 20.9 Å². The number of unbranched alkanes of at least 4 members (excludes halogenated alkanes) is 1. The summed E-state index contributed by atoms with van der Waals surface area (Å²) in [5, 5.41) is 28.3. The summed E-state index contributed by atoms with van der Waals surface area (Å²) in [6, 6.07) is 9.47. The molecular formula is C32H44N6O6. The standard InChI is InChI=1S/C32H44N6O6/c1-3-19(2)28(38-29(40)24(34)17-21-18-35-25-9-5-4-8-23(21)25)31(42)36-26(10-6-7-15-33)30(41)37-27(32(43)44)16-20-11-13-22(39)14-12-20/h4-5,8-9,11-14,18-19,24,26-28,35,39H,3,6-7,10,15-17,33-34H2,1-2H3,(H,36,42)(H,37,41)(H,38,40)(H,43,44). The summed E-state index contributed by atoms with van der Waals surface area (Å²) in [6.07, 6.45) is 3.95. The Hall–Kier alpha value is -4.42. The number of carboxylic acid groups (broad SMARTS) is 1. The summed E-state index contributed by atoms with van der Waals surface area (Å²) in [4.78, 5) is 55.2. The van der Waals surface area contributed by atoms with Gasteiger partial charge in [0.05, 0.1) is 6.04 Å². The number of benzene rings is 2. The number of carboxylic acids is 1. The predicted octanol–water partition coefficient (Wildman–Crippen LogP) is 1.70. The molecule has 5 atom stereocenters. The number of amides is 3. The summed E-state index contributed by atoms with van der Waals surface area (Å²) in [6.45, 7) is 4.09. The van der Waals surface area contributed by atoms with Gasteiger partial charge in [-0.25, -0.2) is 4.79 Å². The first-order valence-corrected chi connectivity index (χ1v) is 15.0. The van der Waals surface area contributed by atoms with Crippen LogP contribution in [-0.4, -0.2) is 69.6 Å².